The van der Waals surface area contributed by atoms with Crippen molar-refractivity contribution in [1.82, 2.24) is 0 Å². The van der Waals surface area contributed by atoms with E-state index < -0.39 is 0 Å². The summed E-state index contributed by atoms with van der Waals surface area (Å²) in [5.74, 6) is 0. The fourth-order valence-electron chi connectivity index (χ4n) is 3.14. The second-order valence-corrected chi connectivity index (χ2v) is 5.98. The fourth-order valence-corrected chi connectivity index (χ4v) is 3.41. The fraction of sp³-hybridized carbons (Fsp3) is 0.333. The van der Waals surface area contributed by atoms with Gasteiger partial charge in [0.1, 0.15) is 0 Å². The first-order chi connectivity index (χ1) is 10.3. The van der Waals surface area contributed by atoms with Gasteiger partial charge in [0.15, 0.2) is 0 Å². The van der Waals surface area contributed by atoms with Gasteiger partial charge in [0, 0.05) is 23.8 Å². The Morgan fingerprint density at radius 2 is 1.86 bits per heavy atom. The van der Waals surface area contributed by atoms with Gasteiger partial charge in [-0.05, 0) is 54.6 Å². The molecule has 0 fully saturated rings. The van der Waals surface area contributed by atoms with E-state index in [1.165, 1.54) is 28.8 Å². The van der Waals surface area contributed by atoms with Crippen LogP contribution in [-0.4, -0.2) is 13.1 Å². The molecule has 2 aromatic rings. The highest BCUT2D eigenvalue weighted by Gasteiger charge is 2.17. The molecule has 2 aromatic carbocycles. The van der Waals surface area contributed by atoms with Crippen molar-refractivity contribution >= 4 is 17.3 Å². The molecule has 0 aromatic heterocycles. The number of fused-ring (bicyclic) bond motifs is 1. The zero-order valence-electron chi connectivity index (χ0n) is 12.2. The van der Waals surface area contributed by atoms with Crippen molar-refractivity contribution in [2.75, 3.05) is 18.0 Å². The van der Waals surface area contributed by atoms with Crippen molar-refractivity contribution in [2.45, 2.75) is 25.8 Å². The lowest BCUT2D eigenvalue weighted by molar-refractivity contribution is 0.759. The van der Waals surface area contributed by atoms with Crippen molar-refractivity contribution in [2.24, 2.45) is 5.73 Å². The molecule has 3 heteroatoms. The molecule has 21 heavy (non-hydrogen) atoms. The van der Waals surface area contributed by atoms with E-state index in [1.54, 1.807) is 0 Å². The van der Waals surface area contributed by atoms with Crippen molar-refractivity contribution in [3.05, 3.63) is 64.2 Å². The highest BCUT2D eigenvalue weighted by Crippen LogP contribution is 2.31. The maximum atomic E-state index is 6.39. The third kappa shape index (κ3) is 3.07. The normalized spacial score (nSPS) is 14.7. The second-order valence-electron chi connectivity index (χ2n) is 5.57. The average Bonchev–Trinajstić information content (AvgIpc) is 2.71. The number of anilines is 1. The molecule has 0 amide bonds. The minimum atomic E-state index is 0.626. The number of hydrogen-bond donors (Lipinski definition) is 1. The van der Waals surface area contributed by atoms with E-state index in [2.05, 4.69) is 35.2 Å². The Morgan fingerprint density at radius 3 is 2.67 bits per heavy atom. The van der Waals surface area contributed by atoms with Crippen LogP contribution in [0.4, 0.5) is 5.69 Å². The van der Waals surface area contributed by atoms with Gasteiger partial charge in [-0.2, -0.15) is 0 Å². The summed E-state index contributed by atoms with van der Waals surface area (Å²) in [7, 11) is 0. The van der Waals surface area contributed by atoms with Crippen molar-refractivity contribution in [1.29, 1.82) is 0 Å². The summed E-state index contributed by atoms with van der Waals surface area (Å²) in [5, 5.41) is 0.829. The molecular formula is C18H21ClN2. The largest absolute Gasteiger partial charge is 0.367 e. The highest BCUT2D eigenvalue weighted by atomic mass is 35.5. The molecule has 0 radical (unpaired) electrons. The van der Waals surface area contributed by atoms with Crippen molar-refractivity contribution in [3.8, 4) is 0 Å². The van der Waals surface area contributed by atoms with Crippen LogP contribution in [0.15, 0.2) is 42.5 Å². The zero-order chi connectivity index (χ0) is 14.7. The number of rotatable bonds is 3. The summed E-state index contributed by atoms with van der Waals surface area (Å²) < 4.78 is 0. The van der Waals surface area contributed by atoms with Crippen LogP contribution in [0, 0.1) is 0 Å². The molecular weight excluding hydrogens is 280 g/mol. The Bertz CT molecular complexity index is 624. The highest BCUT2D eigenvalue weighted by molar-refractivity contribution is 6.31. The van der Waals surface area contributed by atoms with Gasteiger partial charge in [0.05, 0.1) is 0 Å². The van der Waals surface area contributed by atoms with Gasteiger partial charge in [-0.1, -0.05) is 41.9 Å². The van der Waals surface area contributed by atoms with E-state index in [0.717, 1.165) is 31.0 Å². The first-order valence-corrected chi connectivity index (χ1v) is 7.96. The molecule has 0 atom stereocenters. The lowest BCUT2D eigenvalue weighted by Crippen LogP contribution is -2.24. The van der Waals surface area contributed by atoms with E-state index >= 15 is 0 Å². The van der Waals surface area contributed by atoms with Gasteiger partial charge >= 0.3 is 0 Å². The van der Waals surface area contributed by atoms with Gasteiger partial charge in [-0.15, -0.1) is 0 Å². The number of nitrogens with two attached hydrogens (primary N) is 1. The molecule has 2 nitrogen and oxygen atoms in total. The van der Waals surface area contributed by atoms with E-state index in [4.69, 9.17) is 17.3 Å². The monoisotopic (exact) mass is 300 g/mol. The Balaban J connectivity index is 1.96. The molecule has 0 unspecified atom stereocenters. The number of hydrogen-bond acceptors (Lipinski definition) is 2. The van der Waals surface area contributed by atoms with Gasteiger partial charge in [-0.3, -0.25) is 0 Å². The first kappa shape index (κ1) is 14.4. The van der Waals surface area contributed by atoms with Crippen molar-refractivity contribution in [3.63, 3.8) is 0 Å². The molecule has 0 saturated carbocycles. The summed E-state index contributed by atoms with van der Waals surface area (Å²) in [6, 6.07) is 14.9. The molecule has 2 N–H and O–H groups in total. The Labute approximate surface area is 131 Å². The maximum absolute atomic E-state index is 6.39. The van der Waals surface area contributed by atoms with E-state index in [9.17, 15) is 0 Å². The van der Waals surface area contributed by atoms with Crippen LogP contribution in [0.5, 0.6) is 0 Å². The minimum absolute atomic E-state index is 0.626. The average molecular weight is 301 g/mol. The predicted octanol–water partition coefficient (Wildman–Crippen LogP) is 3.79. The molecule has 0 spiro atoms. The van der Waals surface area contributed by atoms with Crippen LogP contribution < -0.4 is 10.6 Å². The Morgan fingerprint density at radius 1 is 1.05 bits per heavy atom. The third-order valence-electron chi connectivity index (χ3n) is 4.18. The number of halogens is 1. The van der Waals surface area contributed by atoms with Gasteiger partial charge in [0.25, 0.3) is 0 Å². The summed E-state index contributed by atoms with van der Waals surface area (Å²) in [4.78, 5) is 2.45. The van der Waals surface area contributed by atoms with E-state index in [-0.39, 0.29) is 0 Å². The van der Waals surface area contributed by atoms with Gasteiger partial charge < -0.3 is 10.6 Å². The molecule has 0 bridgehead atoms. The first-order valence-electron chi connectivity index (χ1n) is 7.59. The van der Waals surface area contributed by atoms with Crippen molar-refractivity contribution < 1.29 is 0 Å². The molecule has 1 aliphatic rings. The SMILES string of the molecule is NCCc1c(Cl)cccc1N1CCCc2ccccc2C1. The topological polar surface area (TPSA) is 29.3 Å². The smallest absolute Gasteiger partial charge is 0.0459 e. The van der Waals surface area contributed by atoms with E-state index in [0.29, 0.717) is 6.54 Å². The summed E-state index contributed by atoms with van der Waals surface area (Å²) in [5.41, 5.74) is 11.1. The maximum Gasteiger partial charge on any atom is 0.0459 e. The lowest BCUT2D eigenvalue weighted by atomic mass is 10.0. The zero-order valence-corrected chi connectivity index (χ0v) is 12.9. The number of nitrogens with zero attached hydrogens (tertiary/aromatic N) is 1. The van der Waals surface area contributed by atoms with Gasteiger partial charge in [-0.25, -0.2) is 0 Å². The van der Waals surface area contributed by atoms with Gasteiger partial charge in [0.2, 0.25) is 0 Å². The molecule has 1 heterocycles. The molecule has 1 aliphatic heterocycles. The number of benzene rings is 2. The quantitative estimate of drug-likeness (QED) is 0.934. The van der Waals surface area contributed by atoms with Crippen LogP contribution in [0.3, 0.4) is 0 Å². The van der Waals surface area contributed by atoms with Crippen LogP contribution >= 0.6 is 11.6 Å². The van der Waals surface area contributed by atoms with Crippen LogP contribution in [-0.2, 0) is 19.4 Å². The summed E-state index contributed by atoms with van der Waals surface area (Å²) >= 11 is 6.39. The predicted molar refractivity (Wildman–Crippen MR) is 90.0 cm³/mol. The molecule has 3 rings (SSSR count). The summed E-state index contributed by atoms with van der Waals surface area (Å²) in [6.07, 6.45) is 3.15. The molecule has 110 valence electrons. The van der Waals surface area contributed by atoms with Crippen LogP contribution in [0.25, 0.3) is 0 Å². The second kappa shape index (κ2) is 6.50. The number of aryl methyl sites for hydroxylation is 1. The minimum Gasteiger partial charge on any atom is -0.367 e. The van der Waals surface area contributed by atoms with E-state index in [1.807, 2.05) is 12.1 Å². The summed E-state index contributed by atoms with van der Waals surface area (Å²) in [6.45, 7) is 2.64. The Kier molecular flexibility index (Phi) is 4.47. The molecule has 0 saturated heterocycles. The third-order valence-corrected chi connectivity index (χ3v) is 4.54. The van der Waals surface area contributed by atoms with Crippen LogP contribution in [0.2, 0.25) is 5.02 Å². The van der Waals surface area contributed by atoms with Crippen LogP contribution in [0.1, 0.15) is 23.1 Å². The Hall–Kier alpha value is -1.51. The molecule has 0 aliphatic carbocycles. The lowest BCUT2D eigenvalue weighted by Gasteiger charge is -2.26. The standard InChI is InChI=1S/C18H21ClN2/c19-17-8-3-9-18(16(17)10-11-20)21-12-4-7-14-5-1-2-6-15(14)13-21/h1-3,5-6,8-9H,4,7,10-13,20H2.